The third-order valence-corrected chi connectivity index (χ3v) is 1.84. The molecule has 0 amide bonds. The Morgan fingerprint density at radius 1 is 0.929 bits per heavy atom. The van der Waals surface area contributed by atoms with Crippen LogP contribution in [0.4, 0.5) is 0 Å². The second kappa shape index (κ2) is 4.63. The van der Waals surface area contributed by atoms with Crippen molar-refractivity contribution in [1.29, 1.82) is 0 Å². The van der Waals surface area contributed by atoms with Crippen molar-refractivity contribution < 1.29 is 22.1 Å². The zero-order valence-electron chi connectivity index (χ0n) is 7.47. The van der Waals surface area contributed by atoms with Crippen LogP contribution >= 0.6 is 0 Å². The number of hydrogen-bond acceptors (Lipinski definition) is 1. The van der Waals surface area contributed by atoms with E-state index in [2.05, 4.69) is 0 Å². The van der Waals surface area contributed by atoms with Crippen LogP contribution in [0.15, 0.2) is 54.9 Å². The minimum Gasteiger partial charge on any atom is -1.00 e. The molecule has 0 saturated carbocycles. The highest BCUT2D eigenvalue weighted by Crippen LogP contribution is 2.09. The Kier molecular flexibility index (Phi) is 3.48. The average Bonchev–Trinajstić information content (AvgIpc) is 2.19. The van der Waals surface area contributed by atoms with Crippen molar-refractivity contribution in [3.05, 3.63) is 54.9 Å². The molecule has 0 aliphatic carbocycles. The van der Waals surface area contributed by atoms with Gasteiger partial charge >= 0.3 is 0 Å². The van der Waals surface area contributed by atoms with E-state index in [-0.39, 0.29) is 18.2 Å². The number of phenols is 1. The monoisotopic (exact) mass is 207 g/mol. The number of rotatable bonds is 1. The van der Waals surface area contributed by atoms with Crippen molar-refractivity contribution in [3.8, 4) is 11.4 Å². The van der Waals surface area contributed by atoms with Gasteiger partial charge in [0.2, 0.25) is 5.69 Å². The lowest BCUT2D eigenvalue weighted by molar-refractivity contribution is -0.595. The second-order valence-electron chi connectivity index (χ2n) is 2.80. The molecule has 0 radical (unpaired) electrons. The molecule has 0 spiro atoms. The fourth-order valence-electron chi connectivity index (χ4n) is 1.22. The van der Waals surface area contributed by atoms with E-state index in [1.54, 1.807) is 12.1 Å². The third kappa shape index (κ3) is 2.24. The summed E-state index contributed by atoms with van der Waals surface area (Å²) in [5, 5.41) is 9.26. The lowest BCUT2D eigenvalue weighted by Gasteiger charge is -1.94. The van der Waals surface area contributed by atoms with Gasteiger partial charge in [0.25, 0.3) is 0 Å². The first-order chi connectivity index (χ1) is 6.36. The van der Waals surface area contributed by atoms with Gasteiger partial charge in [-0.05, 0) is 6.07 Å². The summed E-state index contributed by atoms with van der Waals surface area (Å²) in [4.78, 5) is 0. The zero-order chi connectivity index (χ0) is 9.10. The summed E-state index contributed by atoms with van der Waals surface area (Å²) in [5.74, 6) is 0.286. The van der Waals surface area contributed by atoms with E-state index in [0.29, 0.717) is 0 Å². The molecule has 72 valence electrons. The molecule has 0 fully saturated rings. The van der Waals surface area contributed by atoms with E-state index in [0.717, 1.165) is 5.69 Å². The molecule has 0 unspecified atom stereocenters. The summed E-state index contributed by atoms with van der Waals surface area (Å²) >= 11 is 0. The van der Waals surface area contributed by atoms with E-state index in [1.807, 2.05) is 47.3 Å². The van der Waals surface area contributed by atoms with Crippen LogP contribution in [0.5, 0.6) is 5.75 Å². The molecule has 2 rings (SSSR count). The molecule has 2 nitrogen and oxygen atoms in total. The van der Waals surface area contributed by atoms with E-state index in [9.17, 15) is 5.11 Å². The number of hydrogen-bond donors (Lipinski definition) is 1. The number of pyridine rings is 1. The van der Waals surface area contributed by atoms with Crippen LogP contribution in [0.25, 0.3) is 5.69 Å². The first kappa shape index (κ1) is 10.5. The second-order valence-corrected chi connectivity index (χ2v) is 2.80. The van der Waals surface area contributed by atoms with Crippen LogP contribution in [0.2, 0.25) is 0 Å². The summed E-state index contributed by atoms with van der Waals surface area (Å²) in [5.41, 5.74) is 0.959. The molecule has 0 aliphatic heterocycles. The minimum atomic E-state index is 0. The van der Waals surface area contributed by atoms with Gasteiger partial charge in [0, 0.05) is 18.2 Å². The van der Waals surface area contributed by atoms with Gasteiger partial charge in [-0.25, -0.2) is 0 Å². The molecule has 2 aromatic rings. The third-order valence-electron chi connectivity index (χ3n) is 1.84. The van der Waals surface area contributed by atoms with Crippen molar-refractivity contribution in [2.75, 3.05) is 0 Å². The molecule has 1 N–H and O–H groups in total. The average molecular weight is 208 g/mol. The van der Waals surface area contributed by atoms with Gasteiger partial charge in [-0.1, -0.05) is 12.1 Å². The standard InChI is InChI=1S/C11H9NO.ClH/c13-11-6-4-5-10(9-11)12-7-2-1-3-8-12;/h1-9H;1H. The number of aromatic hydroxyl groups is 1. The maximum atomic E-state index is 9.26. The van der Waals surface area contributed by atoms with Crippen molar-refractivity contribution >= 4 is 0 Å². The number of nitrogens with zero attached hydrogens (tertiary/aromatic N) is 1. The van der Waals surface area contributed by atoms with Crippen molar-refractivity contribution in [1.82, 2.24) is 0 Å². The van der Waals surface area contributed by atoms with Crippen molar-refractivity contribution in [3.63, 3.8) is 0 Å². The molecular formula is C11H10ClNO. The highest BCUT2D eigenvalue weighted by molar-refractivity contribution is 5.31. The molecule has 14 heavy (non-hydrogen) atoms. The van der Waals surface area contributed by atoms with Crippen LogP contribution < -0.4 is 17.0 Å². The van der Waals surface area contributed by atoms with Crippen LogP contribution in [-0.2, 0) is 0 Å². The van der Waals surface area contributed by atoms with Crippen LogP contribution in [0.3, 0.4) is 0 Å². The maximum Gasteiger partial charge on any atom is 0.214 e. The molecule has 0 saturated heterocycles. The van der Waals surface area contributed by atoms with Gasteiger partial charge in [-0.3, -0.25) is 0 Å². The fourth-order valence-corrected chi connectivity index (χ4v) is 1.22. The highest BCUT2D eigenvalue weighted by Gasteiger charge is 2.03. The Hall–Kier alpha value is -1.54. The lowest BCUT2D eigenvalue weighted by Crippen LogP contribution is -3.00. The summed E-state index contributed by atoms with van der Waals surface area (Å²) in [7, 11) is 0. The number of halogens is 1. The molecule has 1 heterocycles. The van der Waals surface area contributed by atoms with E-state index in [4.69, 9.17) is 0 Å². The smallest absolute Gasteiger partial charge is 0.214 e. The summed E-state index contributed by atoms with van der Waals surface area (Å²) in [6, 6.07) is 13.0. The Balaban J connectivity index is 0.000000980. The predicted octanol–water partition coefficient (Wildman–Crippen LogP) is -1.33. The number of aromatic nitrogens is 1. The zero-order valence-corrected chi connectivity index (χ0v) is 8.22. The normalized spacial score (nSPS) is 9.14. The van der Waals surface area contributed by atoms with Crippen LogP contribution in [0.1, 0.15) is 0 Å². The lowest BCUT2D eigenvalue weighted by atomic mass is 10.3. The fraction of sp³-hybridized carbons (Fsp3) is 0. The molecule has 0 atom stereocenters. The topological polar surface area (TPSA) is 24.1 Å². The molecule has 3 heteroatoms. The predicted molar refractivity (Wildman–Crippen MR) is 49.6 cm³/mol. The van der Waals surface area contributed by atoms with Gasteiger partial charge in [-0.15, -0.1) is 0 Å². The van der Waals surface area contributed by atoms with E-state index >= 15 is 0 Å². The van der Waals surface area contributed by atoms with Gasteiger partial charge in [0.1, 0.15) is 5.75 Å². The van der Waals surface area contributed by atoms with Gasteiger partial charge in [-0.2, -0.15) is 4.57 Å². The van der Waals surface area contributed by atoms with Crippen molar-refractivity contribution in [2.45, 2.75) is 0 Å². The number of benzene rings is 1. The van der Waals surface area contributed by atoms with E-state index in [1.165, 1.54) is 0 Å². The van der Waals surface area contributed by atoms with Crippen LogP contribution in [0, 0.1) is 0 Å². The summed E-state index contributed by atoms with van der Waals surface area (Å²) in [6.07, 6.45) is 3.88. The first-order valence-electron chi connectivity index (χ1n) is 4.12. The highest BCUT2D eigenvalue weighted by atomic mass is 35.5. The molecule has 1 aromatic carbocycles. The summed E-state index contributed by atoms with van der Waals surface area (Å²) in [6.45, 7) is 0. The minimum absolute atomic E-state index is 0. The molecule has 0 bridgehead atoms. The molecule has 1 aromatic heterocycles. The SMILES string of the molecule is Oc1cccc(-[n+]2ccccc2)c1.[Cl-]. The van der Waals surface area contributed by atoms with Gasteiger partial charge in [0.15, 0.2) is 12.4 Å². The van der Waals surface area contributed by atoms with E-state index < -0.39 is 0 Å². The summed E-state index contributed by atoms with van der Waals surface area (Å²) < 4.78 is 1.94. The van der Waals surface area contributed by atoms with Gasteiger partial charge in [0.05, 0.1) is 6.07 Å². The van der Waals surface area contributed by atoms with Crippen LogP contribution in [-0.4, -0.2) is 5.11 Å². The largest absolute Gasteiger partial charge is 1.00 e. The maximum absolute atomic E-state index is 9.26. The van der Waals surface area contributed by atoms with Gasteiger partial charge < -0.3 is 17.5 Å². The Morgan fingerprint density at radius 3 is 2.29 bits per heavy atom. The number of phenolic OH excluding ortho intramolecular Hbond substituents is 1. The molecule has 0 aliphatic rings. The quantitative estimate of drug-likeness (QED) is 0.576. The Labute approximate surface area is 88.9 Å². The Morgan fingerprint density at radius 2 is 1.64 bits per heavy atom. The Bertz CT molecular complexity index is 403. The first-order valence-corrected chi connectivity index (χ1v) is 4.12. The molecular weight excluding hydrogens is 198 g/mol. The van der Waals surface area contributed by atoms with Crippen molar-refractivity contribution in [2.24, 2.45) is 0 Å².